The fourth-order valence-electron chi connectivity index (χ4n) is 1.34. The van der Waals surface area contributed by atoms with Crippen molar-refractivity contribution in [1.82, 2.24) is 9.55 Å². The molecule has 0 saturated carbocycles. The molecular formula is C11H14N2O. The van der Waals surface area contributed by atoms with Crippen LogP contribution < -0.4 is 0 Å². The molecule has 0 aliphatic rings. The Hall–Kier alpha value is -1.35. The molecule has 0 amide bonds. The first-order valence-corrected chi connectivity index (χ1v) is 4.79. The highest BCUT2D eigenvalue weighted by molar-refractivity contribution is 5.74. The number of para-hydroxylation sites is 2. The summed E-state index contributed by atoms with van der Waals surface area (Å²) in [5.41, 5.74) is 2.13. The van der Waals surface area contributed by atoms with E-state index in [2.05, 4.69) is 4.98 Å². The highest BCUT2D eigenvalue weighted by Crippen LogP contribution is 2.11. The third kappa shape index (κ3) is 1.77. The van der Waals surface area contributed by atoms with Gasteiger partial charge in [0.1, 0.15) is 6.73 Å². The Balaban J connectivity index is 2.25. The predicted molar refractivity (Wildman–Crippen MR) is 56.0 cm³/mol. The SMILES string of the molecule is CC(C)OCn1cnc2ccccc21. The van der Waals surface area contributed by atoms with Gasteiger partial charge in [-0.3, -0.25) is 0 Å². The van der Waals surface area contributed by atoms with Gasteiger partial charge in [0.15, 0.2) is 0 Å². The molecule has 0 unspecified atom stereocenters. The van der Waals surface area contributed by atoms with E-state index in [-0.39, 0.29) is 6.10 Å². The molecule has 0 bridgehead atoms. The average Bonchev–Trinajstić information content (AvgIpc) is 2.58. The molecule has 3 nitrogen and oxygen atoms in total. The van der Waals surface area contributed by atoms with Crippen molar-refractivity contribution in [2.24, 2.45) is 0 Å². The summed E-state index contributed by atoms with van der Waals surface area (Å²) in [6.07, 6.45) is 2.06. The van der Waals surface area contributed by atoms with Gasteiger partial charge < -0.3 is 9.30 Å². The molecule has 0 aliphatic heterocycles. The van der Waals surface area contributed by atoms with Crippen molar-refractivity contribution >= 4 is 11.0 Å². The van der Waals surface area contributed by atoms with Crippen LogP contribution in [0.3, 0.4) is 0 Å². The molecule has 2 aromatic rings. The third-order valence-corrected chi connectivity index (χ3v) is 2.07. The third-order valence-electron chi connectivity index (χ3n) is 2.07. The van der Waals surface area contributed by atoms with Crippen molar-refractivity contribution in [2.45, 2.75) is 26.7 Å². The van der Waals surface area contributed by atoms with Gasteiger partial charge in [0.05, 0.1) is 23.5 Å². The van der Waals surface area contributed by atoms with E-state index in [0.717, 1.165) is 11.0 Å². The van der Waals surface area contributed by atoms with Gasteiger partial charge in [-0.05, 0) is 26.0 Å². The average molecular weight is 190 g/mol. The van der Waals surface area contributed by atoms with Crippen molar-refractivity contribution in [1.29, 1.82) is 0 Å². The summed E-state index contributed by atoms with van der Waals surface area (Å²) in [4.78, 5) is 4.28. The second kappa shape index (κ2) is 3.80. The van der Waals surface area contributed by atoms with Gasteiger partial charge >= 0.3 is 0 Å². The fourth-order valence-corrected chi connectivity index (χ4v) is 1.34. The minimum Gasteiger partial charge on any atom is -0.358 e. The Morgan fingerprint density at radius 3 is 2.93 bits per heavy atom. The summed E-state index contributed by atoms with van der Waals surface area (Å²) in [7, 11) is 0. The Kier molecular flexibility index (Phi) is 2.50. The second-order valence-corrected chi connectivity index (χ2v) is 3.55. The maximum atomic E-state index is 5.52. The summed E-state index contributed by atoms with van der Waals surface area (Å²) >= 11 is 0. The molecule has 74 valence electrons. The van der Waals surface area contributed by atoms with Crippen LogP contribution in [0.2, 0.25) is 0 Å². The van der Waals surface area contributed by atoms with Gasteiger partial charge in [-0.2, -0.15) is 0 Å². The maximum absolute atomic E-state index is 5.52. The lowest BCUT2D eigenvalue weighted by Crippen LogP contribution is -2.07. The molecule has 0 spiro atoms. The number of rotatable bonds is 3. The summed E-state index contributed by atoms with van der Waals surface area (Å²) in [6.45, 7) is 4.62. The smallest absolute Gasteiger partial charge is 0.124 e. The van der Waals surface area contributed by atoms with Gasteiger partial charge in [0.25, 0.3) is 0 Å². The number of fused-ring (bicyclic) bond motifs is 1. The van der Waals surface area contributed by atoms with Crippen LogP contribution in [0.4, 0.5) is 0 Å². The molecule has 14 heavy (non-hydrogen) atoms. The first kappa shape index (κ1) is 9.21. The molecule has 0 aliphatic carbocycles. The minimum atomic E-state index is 0.246. The summed E-state index contributed by atoms with van der Waals surface area (Å²) < 4.78 is 7.53. The van der Waals surface area contributed by atoms with E-state index in [0.29, 0.717) is 6.73 Å². The summed E-state index contributed by atoms with van der Waals surface area (Å²) in [5.74, 6) is 0. The molecule has 3 heteroatoms. The Bertz CT molecular complexity index is 420. The molecule has 2 rings (SSSR count). The predicted octanol–water partition coefficient (Wildman–Crippen LogP) is 2.42. The van der Waals surface area contributed by atoms with Crippen molar-refractivity contribution in [2.75, 3.05) is 0 Å². The van der Waals surface area contributed by atoms with Gasteiger partial charge in [0, 0.05) is 0 Å². The highest BCUT2D eigenvalue weighted by atomic mass is 16.5. The standard InChI is InChI=1S/C11H14N2O/c1-9(2)14-8-13-7-12-10-5-3-4-6-11(10)13/h3-7,9H,8H2,1-2H3. The first-order valence-electron chi connectivity index (χ1n) is 4.79. The van der Waals surface area contributed by atoms with Gasteiger partial charge in [-0.1, -0.05) is 12.1 Å². The number of imidazole rings is 1. The zero-order valence-corrected chi connectivity index (χ0v) is 8.47. The number of aromatic nitrogens is 2. The summed E-state index contributed by atoms with van der Waals surface area (Å²) in [5, 5.41) is 0. The van der Waals surface area contributed by atoms with Crippen molar-refractivity contribution < 1.29 is 4.74 Å². The minimum absolute atomic E-state index is 0.246. The molecular weight excluding hydrogens is 176 g/mol. The monoisotopic (exact) mass is 190 g/mol. The fraction of sp³-hybridized carbons (Fsp3) is 0.364. The topological polar surface area (TPSA) is 27.1 Å². The van der Waals surface area contributed by atoms with Crippen LogP contribution in [0, 0.1) is 0 Å². The molecule has 0 saturated heterocycles. The first-order chi connectivity index (χ1) is 6.77. The molecule has 0 N–H and O–H groups in total. The van der Waals surface area contributed by atoms with Crippen LogP contribution in [0.5, 0.6) is 0 Å². The van der Waals surface area contributed by atoms with E-state index < -0.39 is 0 Å². The van der Waals surface area contributed by atoms with Crippen LogP contribution in [-0.4, -0.2) is 15.7 Å². The van der Waals surface area contributed by atoms with E-state index in [1.165, 1.54) is 0 Å². The van der Waals surface area contributed by atoms with Crippen molar-refractivity contribution in [3.63, 3.8) is 0 Å². The van der Waals surface area contributed by atoms with E-state index >= 15 is 0 Å². The number of ether oxygens (including phenoxy) is 1. The van der Waals surface area contributed by atoms with E-state index in [1.807, 2.05) is 49.0 Å². The van der Waals surface area contributed by atoms with E-state index in [4.69, 9.17) is 4.74 Å². The molecule has 0 radical (unpaired) electrons. The lowest BCUT2D eigenvalue weighted by molar-refractivity contribution is 0.0307. The molecule has 0 fully saturated rings. The lowest BCUT2D eigenvalue weighted by atomic mass is 10.3. The number of hydrogen-bond donors (Lipinski definition) is 0. The van der Waals surface area contributed by atoms with Gasteiger partial charge in [-0.25, -0.2) is 4.98 Å². The molecule has 1 aromatic heterocycles. The summed E-state index contributed by atoms with van der Waals surface area (Å²) in [6, 6.07) is 8.05. The maximum Gasteiger partial charge on any atom is 0.124 e. The van der Waals surface area contributed by atoms with Gasteiger partial charge in [0.2, 0.25) is 0 Å². The number of nitrogens with zero attached hydrogens (tertiary/aromatic N) is 2. The number of benzene rings is 1. The quantitative estimate of drug-likeness (QED) is 0.743. The largest absolute Gasteiger partial charge is 0.358 e. The zero-order chi connectivity index (χ0) is 9.97. The van der Waals surface area contributed by atoms with Crippen LogP contribution in [-0.2, 0) is 11.5 Å². The normalized spacial score (nSPS) is 11.4. The van der Waals surface area contributed by atoms with E-state index in [1.54, 1.807) is 0 Å². The molecule has 1 aromatic carbocycles. The highest BCUT2D eigenvalue weighted by Gasteiger charge is 2.01. The van der Waals surface area contributed by atoms with E-state index in [9.17, 15) is 0 Å². The van der Waals surface area contributed by atoms with Gasteiger partial charge in [-0.15, -0.1) is 0 Å². The lowest BCUT2D eigenvalue weighted by Gasteiger charge is -2.08. The van der Waals surface area contributed by atoms with Crippen LogP contribution in [0.25, 0.3) is 11.0 Å². The van der Waals surface area contributed by atoms with Crippen molar-refractivity contribution in [3.05, 3.63) is 30.6 Å². The molecule has 1 heterocycles. The van der Waals surface area contributed by atoms with Crippen LogP contribution >= 0.6 is 0 Å². The van der Waals surface area contributed by atoms with Crippen molar-refractivity contribution in [3.8, 4) is 0 Å². The van der Waals surface area contributed by atoms with Crippen LogP contribution in [0.1, 0.15) is 13.8 Å². The Morgan fingerprint density at radius 1 is 1.36 bits per heavy atom. The van der Waals surface area contributed by atoms with Crippen LogP contribution in [0.15, 0.2) is 30.6 Å². The zero-order valence-electron chi connectivity index (χ0n) is 8.47. The molecule has 0 atom stereocenters. The number of hydrogen-bond acceptors (Lipinski definition) is 2. The second-order valence-electron chi connectivity index (χ2n) is 3.55. The Labute approximate surface area is 83.3 Å². The Morgan fingerprint density at radius 2 is 2.14 bits per heavy atom.